The van der Waals surface area contributed by atoms with Gasteiger partial charge in [0.2, 0.25) is 0 Å². The number of urea groups is 2. The molecular formula is C24H26N4O6S2. The lowest BCUT2D eigenvalue weighted by molar-refractivity contribution is 0.255. The molecule has 0 saturated heterocycles. The summed E-state index contributed by atoms with van der Waals surface area (Å²) in [5, 5.41) is 4.96. The minimum atomic E-state index is -4.07. The van der Waals surface area contributed by atoms with E-state index in [1.165, 1.54) is 36.4 Å². The van der Waals surface area contributed by atoms with Gasteiger partial charge < -0.3 is 10.6 Å². The highest BCUT2D eigenvalue weighted by molar-refractivity contribution is 7.90. The van der Waals surface area contributed by atoms with Gasteiger partial charge in [-0.05, 0) is 75.2 Å². The predicted octanol–water partition coefficient (Wildman–Crippen LogP) is 3.94. The van der Waals surface area contributed by atoms with Crippen LogP contribution in [0.1, 0.15) is 22.3 Å². The van der Waals surface area contributed by atoms with Crippen LogP contribution in [0.25, 0.3) is 0 Å². The smallest absolute Gasteiger partial charge is 0.307 e. The molecule has 4 N–H and O–H groups in total. The summed E-state index contributed by atoms with van der Waals surface area (Å²) in [5.74, 6) is 0. The number of rotatable bonds is 6. The number of anilines is 2. The zero-order valence-electron chi connectivity index (χ0n) is 20.0. The molecule has 0 aliphatic rings. The standard InChI is InChI=1S/C24H26N4O6S2/c1-15-5-9-20(10-6-15)35(31,32)27-23(29)25-19-13-17(3)22(18(4)14-19)26-24(30)28-36(33,34)21-11-7-16(2)8-12-21/h5-14H,1-4H3,(H2,25,27,29)(H2,26,28,30). The molecular weight excluding hydrogens is 504 g/mol. The van der Waals surface area contributed by atoms with Crippen molar-refractivity contribution < 1.29 is 26.4 Å². The molecule has 0 spiro atoms. The zero-order chi connectivity index (χ0) is 26.7. The van der Waals surface area contributed by atoms with E-state index in [9.17, 15) is 26.4 Å². The van der Waals surface area contributed by atoms with Crippen molar-refractivity contribution in [1.29, 1.82) is 0 Å². The zero-order valence-corrected chi connectivity index (χ0v) is 21.7. The summed E-state index contributed by atoms with van der Waals surface area (Å²) in [6.45, 7) is 6.91. The van der Waals surface area contributed by atoms with E-state index in [0.29, 0.717) is 16.8 Å². The first-order chi connectivity index (χ1) is 16.8. The Bertz CT molecular complexity index is 1490. The second-order valence-corrected chi connectivity index (χ2v) is 11.6. The molecule has 10 nitrogen and oxygen atoms in total. The number of benzene rings is 3. The number of aryl methyl sites for hydroxylation is 4. The topological polar surface area (TPSA) is 151 Å². The van der Waals surface area contributed by atoms with Gasteiger partial charge in [0.25, 0.3) is 20.0 Å². The molecule has 4 amide bonds. The van der Waals surface area contributed by atoms with Crippen molar-refractivity contribution in [2.75, 3.05) is 10.6 Å². The maximum atomic E-state index is 12.4. The summed E-state index contributed by atoms with van der Waals surface area (Å²) in [6, 6.07) is 13.2. The minimum absolute atomic E-state index is 0.0529. The second kappa shape index (κ2) is 10.4. The Balaban J connectivity index is 1.68. The van der Waals surface area contributed by atoms with Gasteiger partial charge in [0, 0.05) is 11.4 Å². The van der Waals surface area contributed by atoms with Crippen molar-refractivity contribution in [1.82, 2.24) is 9.44 Å². The van der Waals surface area contributed by atoms with Crippen molar-refractivity contribution in [3.05, 3.63) is 82.9 Å². The highest BCUT2D eigenvalue weighted by Gasteiger charge is 2.20. The number of amides is 4. The lowest BCUT2D eigenvalue weighted by Crippen LogP contribution is -2.35. The first-order valence-corrected chi connectivity index (χ1v) is 13.7. The van der Waals surface area contributed by atoms with Gasteiger partial charge in [-0.3, -0.25) is 0 Å². The summed E-state index contributed by atoms with van der Waals surface area (Å²) in [4.78, 5) is 24.6. The molecule has 3 rings (SSSR count). The van der Waals surface area contributed by atoms with E-state index in [0.717, 1.165) is 11.1 Å². The Labute approximate surface area is 210 Å². The average Bonchev–Trinajstić information content (AvgIpc) is 2.76. The Morgan fingerprint density at radius 3 is 1.33 bits per heavy atom. The molecule has 0 aliphatic carbocycles. The third-order valence-corrected chi connectivity index (χ3v) is 7.84. The highest BCUT2D eigenvalue weighted by atomic mass is 32.2. The van der Waals surface area contributed by atoms with E-state index in [-0.39, 0.29) is 15.5 Å². The fourth-order valence-corrected chi connectivity index (χ4v) is 5.14. The van der Waals surface area contributed by atoms with E-state index in [1.54, 1.807) is 38.1 Å². The van der Waals surface area contributed by atoms with E-state index in [1.807, 2.05) is 23.3 Å². The van der Waals surface area contributed by atoms with Crippen LogP contribution in [0.4, 0.5) is 21.0 Å². The van der Waals surface area contributed by atoms with E-state index in [4.69, 9.17) is 0 Å². The van der Waals surface area contributed by atoms with E-state index >= 15 is 0 Å². The molecule has 190 valence electrons. The van der Waals surface area contributed by atoms with Crippen LogP contribution in [-0.2, 0) is 20.0 Å². The van der Waals surface area contributed by atoms with Gasteiger partial charge in [-0.2, -0.15) is 0 Å². The van der Waals surface area contributed by atoms with Crippen molar-refractivity contribution in [3.8, 4) is 0 Å². The van der Waals surface area contributed by atoms with Crippen molar-refractivity contribution in [3.63, 3.8) is 0 Å². The van der Waals surface area contributed by atoms with Gasteiger partial charge in [-0.1, -0.05) is 35.4 Å². The van der Waals surface area contributed by atoms with Crippen LogP contribution in [0.15, 0.2) is 70.5 Å². The molecule has 0 fully saturated rings. The third kappa shape index (κ3) is 6.61. The Hall–Kier alpha value is -3.90. The summed E-state index contributed by atoms with van der Waals surface area (Å²) in [6.07, 6.45) is 0. The maximum absolute atomic E-state index is 12.4. The first-order valence-electron chi connectivity index (χ1n) is 10.7. The number of carbonyl (C=O) groups is 2. The Morgan fingerprint density at radius 1 is 0.583 bits per heavy atom. The van der Waals surface area contributed by atoms with Gasteiger partial charge in [0.15, 0.2) is 0 Å². The molecule has 12 heteroatoms. The third-order valence-electron chi connectivity index (χ3n) is 5.15. The lowest BCUT2D eigenvalue weighted by atomic mass is 10.1. The molecule has 0 atom stereocenters. The maximum Gasteiger partial charge on any atom is 0.333 e. The van der Waals surface area contributed by atoms with Crippen LogP contribution >= 0.6 is 0 Å². The number of hydrogen-bond acceptors (Lipinski definition) is 6. The van der Waals surface area contributed by atoms with Crippen LogP contribution in [0.3, 0.4) is 0 Å². The van der Waals surface area contributed by atoms with Gasteiger partial charge in [-0.15, -0.1) is 0 Å². The molecule has 0 unspecified atom stereocenters. The lowest BCUT2D eigenvalue weighted by Gasteiger charge is -2.15. The molecule has 0 radical (unpaired) electrons. The quantitative estimate of drug-likeness (QED) is 0.379. The van der Waals surface area contributed by atoms with Gasteiger partial charge in [-0.25, -0.2) is 35.9 Å². The van der Waals surface area contributed by atoms with Crippen LogP contribution in [0, 0.1) is 27.7 Å². The predicted molar refractivity (Wildman–Crippen MR) is 137 cm³/mol. The molecule has 3 aromatic carbocycles. The normalized spacial score (nSPS) is 11.4. The van der Waals surface area contributed by atoms with E-state index < -0.39 is 32.1 Å². The van der Waals surface area contributed by atoms with E-state index in [2.05, 4.69) is 10.6 Å². The van der Waals surface area contributed by atoms with Crippen molar-refractivity contribution in [2.45, 2.75) is 37.5 Å². The number of nitrogens with one attached hydrogen (secondary N) is 4. The number of sulfonamides is 2. The van der Waals surface area contributed by atoms with Crippen LogP contribution in [0.5, 0.6) is 0 Å². The molecule has 0 heterocycles. The number of hydrogen-bond donors (Lipinski definition) is 4. The second-order valence-electron chi connectivity index (χ2n) is 8.23. The molecule has 36 heavy (non-hydrogen) atoms. The van der Waals surface area contributed by atoms with Crippen LogP contribution in [-0.4, -0.2) is 28.9 Å². The summed E-state index contributed by atoms with van der Waals surface area (Å²) < 4.78 is 53.6. The van der Waals surface area contributed by atoms with Crippen LogP contribution in [0.2, 0.25) is 0 Å². The first kappa shape index (κ1) is 26.7. The molecule has 0 aliphatic heterocycles. The van der Waals surface area contributed by atoms with Crippen LogP contribution < -0.4 is 20.1 Å². The summed E-state index contributed by atoms with van der Waals surface area (Å²) in [5.41, 5.74) is 3.38. The molecule has 3 aromatic rings. The Kier molecular flexibility index (Phi) is 7.70. The van der Waals surface area contributed by atoms with Crippen molar-refractivity contribution >= 4 is 43.5 Å². The van der Waals surface area contributed by atoms with Gasteiger partial charge in [0.05, 0.1) is 9.79 Å². The largest absolute Gasteiger partial charge is 0.333 e. The fourth-order valence-electron chi connectivity index (χ4n) is 3.33. The van der Waals surface area contributed by atoms with Crippen molar-refractivity contribution in [2.24, 2.45) is 0 Å². The van der Waals surface area contributed by atoms with Gasteiger partial charge in [0.1, 0.15) is 0 Å². The summed E-state index contributed by atoms with van der Waals surface area (Å²) in [7, 11) is -8.14. The van der Waals surface area contributed by atoms with Gasteiger partial charge >= 0.3 is 12.1 Å². The number of carbonyl (C=O) groups excluding carboxylic acids is 2. The SMILES string of the molecule is Cc1ccc(S(=O)(=O)NC(=O)Nc2cc(C)c(NC(=O)NS(=O)(=O)c3ccc(C)cc3)c(C)c2)cc1. The summed E-state index contributed by atoms with van der Waals surface area (Å²) >= 11 is 0. The molecule has 0 bridgehead atoms. The molecule has 0 aromatic heterocycles. The monoisotopic (exact) mass is 530 g/mol. The minimum Gasteiger partial charge on any atom is -0.307 e. The Morgan fingerprint density at radius 2 is 0.944 bits per heavy atom. The highest BCUT2D eigenvalue weighted by Crippen LogP contribution is 2.25. The average molecular weight is 531 g/mol. The fraction of sp³-hybridized carbons (Fsp3) is 0.167. The molecule has 0 saturated carbocycles.